The Kier molecular flexibility index (Phi) is 4.42. The second kappa shape index (κ2) is 6.26. The van der Waals surface area contributed by atoms with E-state index in [1.54, 1.807) is 6.07 Å². The van der Waals surface area contributed by atoms with E-state index in [0.717, 1.165) is 11.6 Å². The lowest BCUT2D eigenvalue weighted by Crippen LogP contribution is -2.15. The molecule has 0 spiro atoms. The van der Waals surface area contributed by atoms with Gasteiger partial charge in [0.25, 0.3) is 5.91 Å². The summed E-state index contributed by atoms with van der Waals surface area (Å²) in [6, 6.07) is 9.11. The molecule has 2 rings (SSSR count). The van der Waals surface area contributed by atoms with Crippen LogP contribution in [0.3, 0.4) is 0 Å². The highest BCUT2D eigenvalue weighted by Gasteiger charge is 2.13. The molecule has 0 aliphatic rings. The first kappa shape index (κ1) is 14.8. The largest absolute Gasteiger partial charge is 0.492 e. The Morgan fingerprint density at radius 1 is 1.29 bits per heavy atom. The molecule has 5 heteroatoms. The van der Waals surface area contributed by atoms with Gasteiger partial charge in [-0.3, -0.25) is 4.79 Å². The fourth-order valence-corrected chi connectivity index (χ4v) is 1.92. The SMILES string of the molecule is CCOc1cc(C)ccc1NC(=O)c1cc(F)ccc1N. The molecular weight excluding hydrogens is 271 g/mol. The van der Waals surface area contributed by atoms with E-state index in [1.807, 2.05) is 26.0 Å². The summed E-state index contributed by atoms with van der Waals surface area (Å²) >= 11 is 0. The number of benzene rings is 2. The van der Waals surface area contributed by atoms with Crippen LogP contribution in [0.4, 0.5) is 15.8 Å². The minimum absolute atomic E-state index is 0.0954. The summed E-state index contributed by atoms with van der Waals surface area (Å²) in [4.78, 5) is 12.2. The number of rotatable bonds is 4. The van der Waals surface area contributed by atoms with Gasteiger partial charge < -0.3 is 15.8 Å². The summed E-state index contributed by atoms with van der Waals surface area (Å²) in [6.45, 7) is 4.27. The molecular formula is C16H17FN2O2. The summed E-state index contributed by atoms with van der Waals surface area (Å²) in [6.07, 6.45) is 0. The van der Waals surface area contributed by atoms with Gasteiger partial charge in [-0.05, 0) is 49.7 Å². The van der Waals surface area contributed by atoms with Crippen molar-refractivity contribution in [3.8, 4) is 5.75 Å². The summed E-state index contributed by atoms with van der Waals surface area (Å²) in [7, 11) is 0. The van der Waals surface area contributed by atoms with Crippen molar-refractivity contribution in [3.05, 3.63) is 53.3 Å². The maximum atomic E-state index is 13.2. The fraction of sp³-hybridized carbons (Fsp3) is 0.188. The number of hydrogen-bond acceptors (Lipinski definition) is 3. The molecule has 0 atom stereocenters. The Balaban J connectivity index is 2.29. The van der Waals surface area contributed by atoms with E-state index in [9.17, 15) is 9.18 Å². The fourth-order valence-electron chi connectivity index (χ4n) is 1.92. The van der Waals surface area contributed by atoms with Gasteiger partial charge in [-0.15, -0.1) is 0 Å². The van der Waals surface area contributed by atoms with Gasteiger partial charge in [-0.2, -0.15) is 0 Å². The maximum Gasteiger partial charge on any atom is 0.257 e. The number of halogens is 1. The lowest BCUT2D eigenvalue weighted by molar-refractivity contribution is 0.102. The molecule has 0 heterocycles. The second-order valence-corrected chi connectivity index (χ2v) is 4.62. The first-order chi connectivity index (χ1) is 10.0. The van der Waals surface area contributed by atoms with Gasteiger partial charge in [0.2, 0.25) is 0 Å². The van der Waals surface area contributed by atoms with Crippen molar-refractivity contribution in [2.45, 2.75) is 13.8 Å². The van der Waals surface area contributed by atoms with Crippen LogP contribution in [0.5, 0.6) is 5.75 Å². The standard InChI is InChI=1S/C16H17FN2O2/c1-3-21-15-8-10(2)4-7-14(15)19-16(20)12-9-11(17)5-6-13(12)18/h4-9H,3,18H2,1-2H3,(H,19,20). The van der Waals surface area contributed by atoms with E-state index in [0.29, 0.717) is 18.0 Å². The van der Waals surface area contributed by atoms with Crippen LogP contribution in [-0.2, 0) is 0 Å². The van der Waals surface area contributed by atoms with Gasteiger partial charge in [-0.25, -0.2) is 4.39 Å². The van der Waals surface area contributed by atoms with E-state index in [-0.39, 0.29) is 11.3 Å². The van der Waals surface area contributed by atoms with Crippen molar-refractivity contribution in [2.75, 3.05) is 17.7 Å². The number of amides is 1. The number of nitrogen functional groups attached to an aromatic ring is 1. The zero-order valence-electron chi connectivity index (χ0n) is 11.9. The van der Waals surface area contributed by atoms with Crippen LogP contribution in [0.25, 0.3) is 0 Å². The number of hydrogen-bond donors (Lipinski definition) is 2. The lowest BCUT2D eigenvalue weighted by Gasteiger charge is -2.13. The third kappa shape index (κ3) is 3.51. The van der Waals surface area contributed by atoms with Gasteiger partial charge in [0.1, 0.15) is 11.6 Å². The van der Waals surface area contributed by atoms with Crippen molar-refractivity contribution < 1.29 is 13.9 Å². The molecule has 0 bridgehead atoms. The molecule has 0 aromatic heterocycles. The maximum absolute atomic E-state index is 13.2. The number of nitrogens with one attached hydrogen (secondary N) is 1. The summed E-state index contributed by atoms with van der Waals surface area (Å²) in [5, 5.41) is 2.70. The molecule has 2 aromatic rings. The van der Waals surface area contributed by atoms with Crippen molar-refractivity contribution in [2.24, 2.45) is 0 Å². The molecule has 110 valence electrons. The van der Waals surface area contributed by atoms with Crippen LogP contribution in [0.15, 0.2) is 36.4 Å². The third-order valence-corrected chi connectivity index (χ3v) is 2.95. The smallest absolute Gasteiger partial charge is 0.257 e. The predicted molar refractivity (Wildman–Crippen MR) is 81.1 cm³/mol. The van der Waals surface area contributed by atoms with Gasteiger partial charge in [0, 0.05) is 5.69 Å². The number of nitrogens with two attached hydrogens (primary N) is 1. The first-order valence-corrected chi connectivity index (χ1v) is 6.61. The van der Waals surface area contributed by atoms with Crippen LogP contribution >= 0.6 is 0 Å². The highest BCUT2D eigenvalue weighted by Crippen LogP contribution is 2.27. The normalized spacial score (nSPS) is 10.2. The van der Waals surface area contributed by atoms with E-state index >= 15 is 0 Å². The van der Waals surface area contributed by atoms with Crippen molar-refractivity contribution in [3.63, 3.8) is 0 Å². The quantitative estimate of drug-likeness (QED) is 0.848. The van der Waals surface area contributed by atoms with E-state index < -0.39 is 11.7 Å². The Labute approximate surface area is 122 Å². The predicted octanol–water partition coefficient (Wildman–Crippen LogP) is 3.37. The number of ether oxygens (including phenoxy) is 1. The molecule has 0 fully saturated rings. The lowest BCUT2D eigenvalue weighted by atomic mass is 10.1. The Bertz CT molecular complexity index is 671. The summed E-state index contributed by atoms with van der Waals surface area (Å²) in [5.74, 6) is -0.416. The molecule has 3 N–H and O–H groups in total. The molecule has 1 amide bonds. The highest BCUT2D eigenvalue weighted by atomic mass is 19.1. The topological polar surface area (TPSA) is 64.3 Å². The van der Waals surface area contributed by atoms with E-state index in [1.165, 1.54) is 12.1 Å². The molecule has 0 radical (unpaired) electrons. The van der Waals surface area contributed by atoms with E-state index in [2.05, 4.69) is 5.32 Å². The summed E-state index contributed by atoms with van der Waals surface area (Å²) in [5.41, 5.74) is 7.56. The first-order valence-electron chi connectivity index (χ1n) is 6.61. The second-order valence-electron chi connectivity index (χ2n) is 4.62. The number of carbonyl (C=O) groups excluding carboxylic acids is 1. The average molecular weight is 288 g/mol. The zero-order chi connectivity index (χ0) is 15.4. The molecule has 0 aliphatic carbocycles. The monoisotopic (exact) mass is 288 g/mol. The van der Waals surface area contributed by atoms with Crippen molar-refractivity contribution in [1.29, 1.82) is 0 Å². The third-order valence-electron chi connectivity index (χ3n) is 2.95. The van der Waals surface area contributed by atoms with Gasteiger partial charge >= 0.3 is 0 Å². The number of anilines is 2. The number of aryl methyl sites for hydroxylation is 1. The number of carbonyl (C=O) groups is 1. The molecule has 0 saturated carbocycles. The van der Waals surface area contributed by atoms with Crippen LogP contribution < -0.4 is 15.8 Å². The molecule has 2 aromatic carbocycles. The minimum atomic E-state index is -0.511. The van der Waals surface area contributed by atoms with Gasteiger partial charge in [0.15, 0.2) is 0 Å². The van der Waals surface area contributed by atoms with Gasteiger partial charge in [-0.1, -0.05) is 6.07 Å². The van der Waals surface area contributed by atoms with E-state index in [4.69, 9.17) is 10.5 Å². The molecule has 4 nitrogen and oxygen atoms in total. The minimum Gasteiger partial charge on any atom is -0.492 e. The van der Waals surface area contributed by atoms with Gasteiger partial charge in [0.05, 0.1) is 17.9 Å². The highest BCUT2D eigenvalue weighted by molar-refractivity contribution is 6.08. The van der Waals surface area contributed by atoms with Crippen molar-refractivity contribution >= 4 is 17.3 Å². The molecule has 0 unspecified atom stereocenters. The van der Waals surface area contributed by atoms with Crippen LogP contribution in [0.1, 0.15) is 22.8 Å². The summed E-state index contributed by atoms with van der Waals surface area (Å²) < 4.78 is 18.7. The Hall–Kier alpha value is -2.56. The van der Waals surface area contributed by atoms with Crippen LogP contribution in [0, 0.1) is 12.7 Å². The Morgan fingerprint density at radius 3 is 2.76 bits per heavy atom. The zero-order valence-corrected chi connectivity index (χ0v) is 11.9. The molecule has 0 saturated heterocycles. The molecule has 0 aliphatic heterocycles. The average Bonchev–Trinajstić information content (AvgIpc) is 2.44. The van der Waals surface area contributed by atoms with Crippen LogP contribution in [-0.4, -0.2) is 12.5 Å². The molecule has 21 heavy (non-hydrogen) atoms. The Morgan fingerprint density at radius 2 is 2.05 bits per heavy atom. The van der Waals surface area contributed by atoms with Crippen molar-refractivity contribution in [1.82, 2.24) is 0 Å². The van der Waals surface area contributed by atoms with Crippen LogP contribution in [0.2, 0.25) is 0 Å².